The van der Waals surface area contributed by atoms with E-state index in [4.69, 9.17) is 0 Å². The van der Waals surface area contributed by atoms with Crippen molar-refractivity contribution < 1.29 is 0 Å². The van der Waals surface area contributed by atoms with Crippen LogP contribution < -0.4 is 10.4 Å². The molecule has 2 heterocycles. The van der Waals surface area contributed by atoms with E-state index in [1.165, 1.54) is 11.3 Å². The Labute approximate surface area is 72.4 Å². The molecule has 1 N–H and O–H groups in total. The number of pyridine rings is 1. The van der Waals surface area contributed by atoms with Crippen molar-refractivity contribution in [2.45, 2.75) is 26.4 Å². The summed E-state index contributed by atoms with van der Waals surface area (Å²) in [5, 5.41) is 2.16. The van der Waals surface area contributed by atoms with E-state index in [1.807, 2.05) is 12.4 Å². The van der Waals surface area contributed by atoms with E-state index in [1.54, 1.807) is 0 Å². The molecule has 1 aromatic heterocycles. The Morgan fingerprint density at radius 1 is 1.58 bits per heavy atom. The number of hydrogen-bond acceptors (Lipinski definition) is 3. The zero-order valence-corrected chi connectivity index (χ0v) is 7.41. The molecule has 1 aliphatic rings. The van der Waals surface area contributed by atoms with Crippen LogP contribution in [-0.2, 0) is 6.54 Å². The van der Waals surface area contributed by atoms with E-state index in [0.717, 1.165) is 6.54 Å². The van der Waals surface area contributed by atoms with Crippen LogP contribution in [0.4, 0.5) is 5.69 Å². The van der Waals surface area contributed by atoms with Gasteiger partial charge in [-0.2, -0.15) is 0 Å². The number of aromatic nitrogens is 1. The molecule has 1 aromatic rings. The number of nitrogens with one attached hydrogen (secondary N) is 1. The highest BCUT2D eigenvalue weighted by molar-refractivity contribution is 5.54. The fraction of sp³-hybridized carbons (Fsp3) is 0.444. The summed E-state index contributed by atoms with van der Waals surface area (Å²) in [5.41, 5.74) is 5.86. The van der Waals surface area contributed by atoms with Crippen molar-refractivity contribution in [2.24, 2.45) is 0 Å². The van der Waals surface area contributed by atoms with Gasteiger partial charge in [-0.05, 0) is 25.5 Å². The average Bonchev–Trinajstić information content (AvgIpc) is 2.47. The first-order valence-electron chi connectivity index (χ1n) is 4.24. The summed E-state index contributed by atoms with van der Waals surface area (Å²) >= 11 is 0. The molecular formula is C9H13N3. The summed E-state index contributed by atoms with van der Waals surface area (Å²) in [5.74, 6) is 0. The first kappa shape index (κ1) is 7.55. The molecule has 0 atom stereocenters. The van der Waals surface area contributed by atoms with Crippen LogP contribution in [0.3, 0.4) is 0 Å². The van der Waals surface area contributed by atoms with Crippen molar-refractivity contribution in [1.29, 1.82) is 0 Å². The maximum atomic E-state index is 4.11. The second-order valence-electron chi connectivity index (χ2n) is 3.30. The number of hydrogen-bond donors (Lipinski definition) is 1. The SMILES string of the molecule is CC(C)N1NCc2ccncc21. The number of anilines is 1. The standard InChI is InChI=1S/C9H13N3/c1-7(2)12-9-6-10-4-3-8(9)5-11-12/h3-4,6-7,11H,5H2,1-2H3. The molecule has 0 fully saturated rings. The van der Waals surface area contributed by atoms with E-state index >= 15 is 0 Å². The summed E-state index contributed by atoms with van der Waals surface area (Å²) in [7, 11) is 0. The number of fused-ring (bicyclic) bond motifs is 1. The zero-order valence-electron chi connectivity index (χ0n) is 7.41. The quantitative estimate of drug-likeness (QED) is 0.676. The molecule has 0 radical (unpaired) electrons. The van der Waals surface area contributed by atoms with Crippen LogP contribution in [0.1, 0.15) is 19.4 Å². The minimum atomic E-state index is 0.482. The van der Waals surface area contributed by atoms with Gasteiger partial charge < -0.3 is 5.01 Å². The largest absolute Gasteiger partial charge is 0.304 e. The van der Waals surface area contributed by atoms with Gasteiger partial charge in [0, 0.05) is 18.8 Å². The Bertz CT molecular complexity index is 283. The molecule has 0 aromatic carbocycles. The van der Waals surface area contributed by atoms with Crippen LogP contribution in [0.15, 0.2) is 18.5 Å². The van der Waals surface area contributed by atoms with Crippen LogP contribution in [0, 0.1) is 0 Å². The normalized spacial score (nSPS) is 15.4. The molecular weight excluding hydrogens is 150 g/mol. The molecule has 0 bridgehead atoms. The van der Waals surface area contributed by atoms with E-state index in [2.05, 4.69) is 35.3 Å². The Morgan fingerprint density at radius 2 is 2.42 bits per heavy atom. The van der Waals surface area contributed by atoms with Gasteiger partial charge in [0.05, 0.1) is 11.9 Å². The third kappa shape index (κ3) is 1.06. The summed E-state index contributed by atoms with van der Waals surface area (Å²) in [6, 6.07) is 2.54. The molecule has 0 aliphatic carbocycles. The smallest absolute Gasteiger partial charge is 0.0751 e. The minimum absolute atomic E-state index is 0.482. The Morgan fingerprint density at radius 3 is 3.17 bits per heavy atom. The van der Waals surface area contributed by atoms with Crippen molar-refractivity contribution in [1.82, 2.24) is 10.4 Å². The van der Waals surface area contributed by atoms with Crippen LogP contribution in [0.2, 0.25) is 0 Å². The highest BCUT2D eigenvalue weighted by Gasteiger charge is 2.19. The number of rotatable bonds is 1. The zero-order chi connectivity index (χ0) is 8.55. The van der Waals surface area contributed by atoms with Crippen molar-refractivity contribution >= 4 is 5.69 Å². The van der Waals surface area contributed by atoms with Gasteiger partial charge in [-0.1, -0.05) is 0 Å². The molecule has 0 saturated heterocycles. The molecule has 3 heteroatoms. The van der Waals surface area contributed by atoms with Crippen LogP contribution in [-0.4, -0.2) is 11.0 Å². The van der Waals surface area contributed by atoms with Gasteiger partial charge >= 0.3 is 0 Å². The first-order chi connectivity index (χ1) is 5.79. The lowest BCUT2D eigenvalue weighted by Gasteiger charge is -2.23. The molecule has 64 valence electrons. The highest BCUT2D eigenvalue weighted by atomic mass is 15.5. The molecule has 12 heavy (non-hydrogen) atoms. The molecule has 3 nitrogen and oxygen atoms in total. The summed E-state index contributed by atoms with van der Waals surface area (Å²) < 4.78 is 0. The monoisotopic (exact) mass is 163 g/mol. The van der Waals surface area contributed by atoms with Gasteiger partial charge in [-0.15, -0.1) is 0 Å². The van der Waals surface area contributed by atoms with Crippen molar-refractivity contribution in [3.63, 3.8) is 0 Å². The summed E-state index contributed by atoms with van der Waals surface area (Å²) in [6.45, 7) is 5.25. The van der Waals surface area contributed by atoms with Gasteiger partial charge in [-0.3, -0.25) is 4.98 Å². The average molecular weight is 163 g/mol. The molecule has 2 rings (SSSR count). The van der Waals surface area contributed by atoms with E-state index < -0.39 is 0 Å². The van der Waals surface area contributed by atoms with E-state index in [-0.39, 0.29) is 0 Å². The molecule has 0 amide bonds. The van der Waals surface area contributed by atoms with Crippen molar-refractivity contribution in [3.8, 4) is 0 Å². The molecule has 1 aliphatic heterocycles. The van der Waals surface area contributed by atoms with Crippen LogP contribution in [0.5, 0.6) is 0 Å². The minimum Gasteiger partial charge on any atom is -0.304 e. The fourth-order valence-corrected chi connectivity index (χ4v) is 1.50. The van der Waals surface area contributed by atoms with Gasteiger partial charge in [0.15, 0.2) is 0 Å². The van der Waals surface area contributed by atoms with Crippen LogP contribution >= 0.6 is 0 Å². The molecule has 0 unspecified atom stereocenters. The third-order valence-corrected chi connectivity index (χ3v) is 2.10. The Kier molecular flexibility index (Phi) is 1.73. The van der Waals surface area contributed by atoms with Crippen molar-refractivity contribution in [3.05, 3.63) is 24.0 Å². The predicted molar refractivity (Wildman–Crippen MR) is 48.7 cm³/mol. The number of hydrazine groups is 1. The molecule has 0 spiro atoms. The van der Waals surface area contributed by atoms with Crippen molar-refractivity contribution in [2.75, 3.05) is 5.01 Å². The van der Waals surface area contributed by atoms with Gasteiger partial charge in [0.25, 0.3) is 0 Å². The highest BCUT2D eigenvalue weighted by Crippen LogP contribution is 2.24. The lowest BCUT2D eigenvalue weighted by molar-refractivity contribution is 0.596. The van der Waals surface area contributed by atoms with Gasteiger partial charge in [-0.25, -0.2) is 5.43 Å². The maximum absolute atomic E-state index is 4.11. The maximum Gasteiger partial charge on any atom is 0.0751 e. The van der Waals surface area contributed by atoms with Gasteiger partial charge in [0.1, 0.15) is 0 Å². The second-order valence-corrected chi connectivity index (χ2v) is 3.30. The van der Waals surface area contributed by atoms with Gasteiger partial charge in [0.2, 0.25) is 0 Å². The summed E-state index contributed by atoms with van der Waals surface area (Å²) in [6.07, 6.45) is 3.75. The predicted octanol–water partition coefficient (Wildman–Crippen LogP) is 1.31. The lowest BCUT2D eigenvalue weighted by atomic mass is 10.2. The van der Waals surface area contributed by atoms with Crippen LogP contribution in [0.25, 0.3) is 0 Å². The first-order valence-corrected chi connectivity index (χ1v) is 4.24. The van der Waals surface area contributed by atoms with E-state index in [9.17, 15) is 0 Å². The van der Waals surface area contributed by atoms with E-state index in [0.29, 0.717) is 6.04 Å². The second kappa shape index (κ2) is 2.75. The summed E-state index contributed by atoms with van der Waals surface area (Å²) in [4.78, 5) is 4.11. The topological polar surface area (TPSA) is 28.2 Å². The fourth-order valence-electron chi connectivity index (χ4n) is 1.50. The number of nitrogens with zero attached hydrogens (tertiary/aromatic N) is 2. The third-order valence-electron chi connectivity index (χ3n) is 2.10. The lowest BCUT2D eigenvalue weighted by Crippen LogP contribution is -2.38. The Hall–Kier alpha value is -1.09. The Balaban J connectivity index is 2.36. The molecule has 0 saturated carbocycles.